The van der Waals surface area contributed by atoms with E-state index in [-0.39, 0.29) is 0 Å². The van der Waals surface area contributed by atoms with Gasteiger partial charge in [0.2, 0.25) is 0 Å². The maximum atomic E-state index is 6.96. The molecular formula is C53H36N2O. The second-order valence-corrected chi connectivity index (χ2v) is 14.7. The van der Waals surface area contributed by atoms with E-state index in [0.717, 1.165) is 86.1 Å². The zero-order chi connectivity index (χ0) is 37.1. The average molecular weight is 717 g/mol. The highest BCUT2D eigenvalue weighted by Crippen LogP contribution is 2.63. The third-order valence-corrected chi connectivity index (χ3v) is 11.6. The van der Waals surface area contributed by atoms with E-state index in [0.29, 0.717) is 0 Å². The first-order chi connectivity index (χ1) is 27.8. The molecular weight excluding hydrogens is 681 g/mol. The molecule has 0 atom stereocenters. The van der Waals surface area contributed by atoms with Gasteiger partial charge in [-0.3, -0.25) is 0 Å². The van der Waals surface area contributed by atoms with Crippen molar-refractivity contribution in [2.75, 3.05) is 0 Å². The average Bonchev–Trinajstić information content (AvgIpc) is 3.57. The van der Waals surface area contributed by atoms with Gasteiger partial charge in [0.1, 0.15) is 11.5 Å². The van der Waals surface area contributed by atoms with Crippen molar-refractivity contribution in [2.45, 2.75) is 18.3 Å². The molecule has 7 aromatic carbocycles. The number of allylic oxidation sites excluding steroid dienone is 4. The molecule has 11 rings (SSSR count). The van der Waals surface area contributed by atoms with Crippen LogP contribution in [0.4, 0.5) is 0 Å². The van der Waals surface area contributed by atoms with E-state index >= 15 is 0 Å². The molecule has 3 aliphatic rings. The Morgan fingerprint density at radius 2 is 1.00 bits per heavy atom. The van der Waals surface area contributed by atoms with E-state index < -0.39 is 5.41 Å². The van der Waals surface area contributed by atoms with E-state index in [2.05, 4.69) is 176 Å². The summed E-state index contributed by atoms with van der Waals surface area (Å²) in [6.45, 7) is 0. The van der Waals surface area contributed by atoms with Crippen LogP contribution in [0.3, 0.4) is 0 Å². The van der Waals surface area contributed by atoms with Gasteiger partial charge in [0.05, 0.1) is 16.8 Å². The number of para-hydroxylation sites is 2. The third-order valence-electron chi connectivity index (χ3n) is 11.6. The van der Waals surface area contributed by atoms with Crippen molar-refractivity contribution in [3.05, 3.63) is 222 Å². The lowest BCUT2D eigenvalue weighted by Gasteiger charge is -2.40. The Morgan fingerprint density at radius 3 is 1.71 bits per heavy atom. The van der Waals surface area contributed by atoms with Crippen molar-refractivity contribution in [1.82, 2.24) is 9.97 Å². The highest BCUT2D eigenvalue weighted by Gasteiger charge is 2.51. The van der Waals surface area contributed by atoms with Crippen LogP contribution in [0.1, 0.15) is 40.8 Å². The summed E-state index contributed by atoms with van der Waals surface area (Å²) in [5.74, 6) is 2.52. The predicted octanol–water partition coefficient (Wildman–Crippen LogP) is 13.3. The fraction of sp³-hybridized carbons (Fsp3) is 0.0566. The van der Waals surface area contributed by atoms with Gasteiger partial charge in [-0.05, 0) is 69.5 Å². The molecule has 0 unspecified atom stereocenters. The molecule has 56 heavy (non-hydrogen) atoms. The lowest BCUT2D eigenvalue weighted by Crippen LogP contribution is -2.32. The number of rotatable bonds is 5. The number of nitrogens with zero attached hydrogens (tertiary/aromatic N) is 2. The number of benzene rings is 7. The molecule has 2 heterocycles. The zero-order valence-electron chi connectivity index (χ0n) is 30.7. The molecule has 264 valence electrons. The smallest absolute Gasteiger partial charge is 0.160 e. The molecule has 0 N–H and O–H groups in total. The number of ether oxygens (including phenoxy) is 1. The Hall–Kier alpha value is -7.10. The highest BCUT2D eigenvalue weighted by atomic mass is 16.5. The second kappa shape index (κ2) is 13.0. The summed E-state index contributed by atoms with van der Waals surface area (Å²) in [4.78, 5) is 10.2. The van der Waals surface area contributed by atoms with Crippen molar-refractivity contribution in [1.29, 1.82) is 0 Å². The number of aromatic nitrogens is 2. The third kappa shape index (κ3) is 4.98. The normalized spacial score (nSPS) is 14.2. The van der Waals surface area contributed by atoms with Crippen molar-refractivity contribution < 1.29 is 4.74 Å². The van der Waals surface area contributed by atoms with Crippen molar-refractivity contribution in [3.63, 3.8) is 0 Å². The molecule has 1 aromatic heterocycles. The molecule has 0 saturated carbocycles. The molecule has 0 saturated heterocycles. The predicted molar refractivity (Wildman–Crippen MR) is 228 cm³/mol. The van der Waals surface area contributed by atoms with E-state index in [1.165, 1.54) is 27.8 Å². The number of hydrogen-bond acceptors (Lipinski definition) is 3. The molecule has 3 heteroatoms. The summed E-state index contributed by atoms with van der Waals surface area (Å²) in [6, 6.07) is 62.8. The molecule has 1 aliphatic heterocycles. The van der Waals surface area contributed by atoms with E-state index in [4.69, 9.17) is 14.7 Å². The number of hydrogen-bond donors (Lipinski definition) is 0. The SMILES string of the molecule is C1=CC(c2cc(-c3ccccc3-c3ccc(-c4cccc5c4Oc4ccccc4C54c5ccccc5-c5ccccc54)cc3)nc(-c3ccccc3)n2)=CCC1. The monoisotopic (exact) mass is 716 g/mol. The summed E-state index contributed by atoms with van der Waals surface area (Å²) >= 11 is 0. The molecule has 0 fully saturated rings. The van der Waals surface area contributed by atoms with Gasteiger partial charge in [-0.15, -0.1) is 0 Å². The molecule has 1 spiro atoms. The minimum Gasteiger partial charge on any atom is -0.456 e. The first-order valence-corrected chi connectivity index (χ1v) is 19.4. The van der Waals surface area contributed by atoms with Gasteiger partial charge < -0.3 is 4.74 Å². The lowest BCUT2D eigenvalue weighted by molar-refractivity contribution is 0.438. The van der Waals surface area contributed by atoms with Gasteiger partial charge in [-0.1, -0.05) is 182 Å². The highest BCUT2D eigenvalue weighted by molar-refractivity contribution is 5.91. The summed E-state index contributed by atoms with van der Waals surface area (Å²) in [5, 5.41) is 0. The standard InChI is InChI=1S/C53H36N2O/c1-3-16-37(17-4-1)48-34-49(55-52(54-48)38-18-5-2-6-19-38)43-23-8-7-20-39(43)35-30-32-36(33-31-35)40-24-15-28-47-51(40)56-50-29-14-13-27-46(50)53(47)44-25-11-9-21-41(44)42-22-10-12-26-45(42)53/h2-3,5-34H,1,4H2. The van der Waals surface area contributed by atoms with Gasteiger partial charge in [-0.25, -0.2) is 9.97 Å². The summed E-state index contributed by atoms with van der Waals surface area (Å²) in [5.41, 5.74) is 16.4. The first kappa shape index (κ1) is 32.3. The van der Waals surface area contributed by atoms with Crippen LogP contribution in [0, 0.1) is 0 Å². The Kier molecular flexibility index (Phi) is 7.53. The maximum absolute atomic E-state index is 6.96. The molecule has 8 aromatic rings. The molecule has 0 amide bonds. The van der Waals surface area contributed by atoms with Gasteiger partial charge in [-0.2, -0.15) is 0 Å². The Balaban J connectivity index is 1.03. The topological polar surface area (TPSA) is 35.0 Å². The largest absolute Gasteiger partial charge is 0.456 e. The van der Waals surface area contributed by atoms with Crippen LogP contribution in [-0.4, -0.2) is 9.97 Å². The second-order valence-electron chi connectivity index (χ2n) is 14.7. The van der Waals surface area contributed by atoms with Crippen LogP contribution in [0.15, 0.2) is 194 Å². The van der Waals surface area contributed by atoms with Gasteiger partial charge >= 0.3 is 0 Å². The summed E-state index contributed by atoms with van der Waals surface area (Å²) in [6.07, 6.45) is 8.76. The van der Waals surface area contributed by atoms with E-state index in [1.54, 1.807) is 0 Å². The van der Waals surface area contributed by atoms with Crippen molar-refractivity contribution in [3.8, 4) is 67.5 Å². The Morgan fingerprint density at radius 1 is 0.429 bits per heavy atom. The van der Waals surface area contributed by atoms with Gasteiger partial charge in [0.25, 0.3) is 0 Å². The van der Waals surface area contributed by atoms with Crippen molar-refractivity contribution in [2.24, 2.45) is 0 Å². The fourth-order valence-corrected chi connectivity index (χ4v) is 9.15. The van der Waals surface area contributed by atoms with Gasteiger partial charge in [0.15, 0.2) is 5.82 Å². The van der Waals surface area contributed by atoms with Crippen LogP contribution in [0.2, 0.25) is 0 Å². The zero-order valence-corrected chi connectivity index (χ0v) is 30.7. The van der Waals surface area contributed by atoms with Crippen LogP contribution < -0.4 is 4.74 Å². The minimum atomic E-state index is -0.495. The quantitative estimate of drug-likeness (QED) is 0.178. The van der Waals surface area contributed by atoms with Crippen LogP contribution >= 0.6 is 0 Å². The molecule has 0 radical (unpaired) electrons. The lowest BCUT2D eigenvalue weighted by atomic mass is 9.65. The van der Waals surface area contributed by atoms with Crippen molar-refractivity contribution >= 4 is 5.57 Å². The molecule has 3 nitrogen and oxygen atoms in total. The van der Waals surface area contributed by atoms with Gasteiger partial charge in [0, 0.05) is 27.8 Å². The molecule has 2 aliphatic carbocycles. The summed E-state index contributed by atoms with van der Waals surface area (Å²) in [7, 11) is 0. The first-order valence-electron chi connectivity index (χ1n) is 19.4. The minimum absolute atomic E-state index is 0.495. The number of fused-ring (bicyclic) bond motifs is 9. The Labute approximate surface area is 327 Å². The fourth-order valence-electron chi connectivity index (χ4n) is 9.15. The van der Waals surface area contributed by atoms with E-state index in [9.17, 15) is 0 Å². The van der Waals surface area contributed by atoms with Crippen LogP contribution in [-0.2, 0) is 5.41 Å². The van der Waals surface area contributed by atoms with Crippen LogP contribution in [0.5, 0.6) is 11.5 Å². The molecule has 0 bridgehead atoms. The van der Waals surface area contributed by atoms with Crippen LogP contribution in [0.25, 0.3) is 61.6 Å². The Bertz CT molecular complexity index is 2840. The summed E-state index contributed by atoms with van der Waals surface area (Å²) < 4.78 is 6.96. The van der Waals surface area contributed by atoms with E-state index in [1.807, 2.05) is 18.2 Å². The maximum Gasteiger partial charge on any atom is 0.160 e.